The van der Waals surface area contributed by atoms with Gasteiger partial charge in [0.15, 0.2) is 0 Å². The summed E-state index contributed by atoms with van der Waals surface area (Å²) in [6.07, 6.45) is 3.67. The van der Waals surface area contributed by atoms with Gasteiger partial charge in [-0.15, -0.1) is 23.2 Å². The van der Waals surface area contributed by atoms with Crippen LogP contribution in [-0.4, -0.2) is 11.3 Å². The van der Waals surface area contributed by atoms with Crippen LogP contribution in [-0.2, 0) is 0 Å². The molecule has 0 saturated carbocycles. The van der Waals surface area contributed by atoms with Crippen LogP contribution in [0.1, 0.15) is 6.92 Å². The molecule has 0 rings (SSSR count). The topological polar surface area (TPSA) is 0 Å². The second-order valence-corrected chi connectivity index (χ2v) is 2.12. The average Bonchev–Trinajstić information content (AvgIpc) is 1.85. The fraction of sp³-hybridized carbons (Fsp3) is 0.429. The highest BCUT2D eigenvalue weighted by Crippen LogP contribution is 1.94. The van der Waals surface area contributed by atoms with Gasteiger partial charge in [-0.25, -0.2) is 0 Å². The second kappa shape index (κ2) is 6.01. The SMILES string of the molecule is C/C=C/C(Cl)C#CCCl. The molecule has 0 fully saturated rings. The Morgan fingerprint density at radius 3 is 2.78 bits per heavy atom. The predicted molar refractivity (Wildman–Crippen MR) is 43.0 cm³/mol. The van der Waals surface area contributed by atoms with E-state index in [9.17, 15) is 0 Å². The van der Waals surface area contributed by atoms with E-state index in [0.717, 1.165) is 0 Å². The van der Waals surface area contributed by atoms with Gasteiger partial charge in [-0.1, -0.05) is 24.0 Å². The van der Waals surface area contributed by atoms with Crippen LogP contribution >= 0.6 is 23.2 Å². The molecular weight excluding hydrogens is 155 g/mol. The summed E-state index contributed by atoms with van der Waals surface area (Å²) in [5, 5.41) is -0.186. The van der Waals surface area contributed by atoms with E-state index < -0.39 is 0 Å². The Hall–Kier alpha value is -0.120. The fourth-order valence-electron chi connectivity index (χ4n) is 0.353. The van der Waals surface area contributed by atoms with Crippen LogP contribution in [0.25, 0.3) is 0 Å². The lowest BCUT2D eigenvalue weighted by atomic mass is 10.4. The minimum Gasteiger partial charge on any atom is -0.113 e. The zero-order valence-electron chi connectivity index (χ0n) is 5.20. The van der Waals surface area contributed by atoms with E-state index >= 15 is 0 Å². The Morgan fingerprint density at radius 2 is 2.33 bits per heavy atom. The number of alkyl halides is 2. The lowest BCUT2D eigenvalue weighted by Gasteiger charge is -1.86. The van der Waals surface area contributed by atoms with Gasteiger partial charge in [-0.2, -0.15) is 0 Å². The first-order chi connectivity index (χ1) is 4.31. The van der Waals surface area contributed by atoms with E-state index in [1.54, 1.807) is 6.08 Å². The molecule has 0 heterocycles. The molecule has 1 atom stereocenters. The lowest BCUT2D eigenvalue weighted by Crippen LogP contribution is -1.85. The predicted octanol–water partition coefficient (Wildman–Crippen LogP) is 2.41. The third kappa shape index (κ3) is 5.76. The van der Waals surface area contributed by atoms with Crippen molar-refractivity contribution in [1.82, 2.24) is 0 Å². The van der Waals surface area contributed by atoms with Gasteiger partial charge in [-0.05, 0) is 6.92 Å². The summed E-state index contributed by atoms with van der Waals surface area (Å²) < 4.78 is 0. The van der Waals surface area contributed by atoms with Crippen molar-refractivity contribution in [2.45, 2.75) is 12.3 Å². The maximum absolute atomic E-state index is 5.64. The largest absolute Gasteiger partial charge is 0.113 e. The van der Waals surface area contributed by atoms with Gasteiger partial charge >= 0.3 is 0 Å². The molecule has 0 spiro atoms. The Labute approximate surface area is 65.8 Å². The van der Waals surface area contributed by atoms with Gasteiger partial charge in [0.1, 0.15) is 5.38 Å². The van der Waals surface area contributed by atoms with Crippen molar-refractivity contribution in [2.24, 2.45) is 0 Å². The molecule has 0 radical (unpaired) electrons. The minimum absolute atomic E-state index is 0.186. The summed E-state index contributed by atoms with van der Waals surface area (Å²) in [7, 11) is 0. The van der Waals surface area contributed by atoms with Crippen LogP contribution in [0.15, 0.2) is 12.2 Å². The quantitative estimate of drug-likeness (QED) is 0.316. The van der Waals surface area contributed by atoms with Crippen LogP contribution in [0, 0.1) is 11.8 Å². The zero-order chi connectivity index (χ0) is 7.11. The first-order valence-electron chi connectivity index (χ1n) is 2.62. The molecule has 0 aromatic rings. The minimum atomic E-state index is -0.186. The van der Waals surface area contributed by atoms with Gasteiger partial charge in [-0.3, -0.25) is 0 Å². The first kappa shape index (κ1) is 8.88. The number of halogens is 2. The highest BCUT2D eigenvalue weighted by atomic mass is 35.5. The number of allylic oxidation sites excluding steroid dienone is 2. The summed E-state index contributed by atoms with van der Waals surface area (Å²) in [6.45, 7) is 1.90. The Kier molecular flexibility index (Phi) is 5.93. The van der Waals surface area contributed by atoms with Crippen LogP contribution in [0.5, 0.6) is 0 Å². The Bertz CT molecular complexity index is 139. The van der Waals surface area contributed by atoms with Gasteiger partial charge in [0.2, 0.25) is 0 Å². The van der Waals surface area contributed by atoms with E-state index in [2.05, 4.69) is 11.8 Å². The standard InChI is InChI=1S/C7H8Cl2/c1-2-4-7(9)5-3-6-8/h2,4,7H,6H2,1H3/b4-2+. The van der Waals surface area contributed by atoms with Crippen molar-refractivity contribution in [2.75, 3.05) is 5.88 Å². The molecule has 50 valence electrons. The Balaban J connectivity index is 3.61. The van der Waals surface area contributed by atoms with E-state index in [1.807, 2.05) is 13.0 Å². The normalized spacial score (nSPS) is 12.8. The molecule has 0 aliphatic heterocycles. The molecule has 0 bridgehead atoms. The van der Waals surface area contributed by atoms with Crippen molar-refractivity contribution in [3.8, 4) is 11.8 Å². The Morgan fingerprint density at radius 1 is 1.67 bits per heavy atom. The molecule has 0 aliphatic carbocycles. The van der Waals surface area contributed by atoms with Crippen molar-refractivity contribution in [3.63, 3.8) is 0 Å². The van der Waals surface area contributed by atoms with Crippen molar-refractivity contribution in [3.05, 3.63) is 12.2 Å². The number of hydrogen-bond acceptors (Lipinski definition) is 0. The molecule has 0 aromatic heterocycles. The van der Waals surface area contributed by atoms with Crippen molar-refractivity contribution >= 4 is 23.2 Å². The molecule has 0 aliphatic rings. The zero-order valence-corrected chi connectivity index (χ0v) is 6.71. The maximum atomic E-state index is 5.64. The summed E-state index contributed by atoms with van der Waals surface area (Å²) in [4.78, 5) is 0. The van der Waals surface area contributed by atoms with Gasteiger partial charge in [0.05, 0.1) is 5.88 Å². The lowest BCUT2D eigenvalue weighted by molar-refractivity contribution is 1.44. The van der Waals surface area contributed by atoms with Gasteiger partial charge in [0, 0.05) is 0 Å². The van der Waals surface area contributed by atoms with E-state index in [4.69, 9.17) is 23.2 Å². The maximum Gasteiger partial charge on any atom is 0.112 e. The highest BCUT2D eigenvalue weighted by Gasteiger charge is 1.87. The van der Waals surface area contributed by atoms with Crippen molar-refractivity contribution in [1.29, 1.82) is 0 Å². The summed E-state index contributed by atoms with van der Waals surface area (Å²) in [5.41, 5.74) is 0. The average molecular weight is 163 g/mol. The fourth-order valence-corrected chi connectivity index (χ4v) is 0.653. The van der Waals surface area contributed by atoms with Crippen LogP contribution in [0.2, 0.25) is 0 Å². The van der Waals surface area contributed by atoms with Crippen LogP contribution < -0.4 is 0 Å². The second-order valence-electron chi connectivity index (χ2n) is 1.38. The first-order valence-corrected chi connectivity index (χ1v) is 3.59. The molecule has 1 unspecified atom stereocenters. The monoisotopic (exact) mass is 162 g/mol. The number of hydrogen-bond donors (Lipinski definition) is 0. The van der Waals surface area contributed by atoms with Crippen LogP contribution in [0.3, 0.4) is 0 Å². The van der Waals surface area contributed by atoms with Gasteiger partial charge in [0.25, 0.3) is 0 Å². The molecule has 9 heavy (non-hydrogen) atoms. The van der Waals surface area contributed by atoms with E-state index in [-0.39, 0.29) is 5.38 Å². The summed E-state index contributed by atoms with van der Waals surface area (Å²) >= 11 is 10.9. The smallest absolute Gasteiger partial charge is 0.112 e. The highest BCUT2D eigenvalue weighted by molar-refractivity contribution is 6.24. The molecule has 0 nitrogen and oxygen atoms in total. The third-order valence-electron chi connectivity index (χ3n) is 0.668. The van der Waals surface area contributed by atoms with Gasteiger partial charge < -0.3 is 0 Å². The molecule has 0 aromatic carbocycles. The van der Waals surface area contributed by atoms with E-state index in [0.29, 0.717) is 5.88 Å². The van der Waals surface area contributed by atoms with Crippen molar-refractivity contribution < 1.29 is 0 Å². The molecule has 2 heteroatoms. The molecule has 0 amide bonds. The summed E-state index contributed by atoms with van der Waals surface area (Å²) in [5.74, 6) is 5.74. The van der Waals surface area contributed by atoms with E-state index in [1.165, 1.54) is 0 Å². The molecular formula is C7H8Cl2. The third-order valence-corrected chi connectivity index (χ3v) is 1.06. The molecule has 0 saturated heterocycles. The molecule has 0 N–H and O–H groups in total. The van der Waals surface area contributed by atoms with Crippen LogP contribution in [0.4, 0.5) is 0 Å². The number of rotatable bonds is 1. The summed E-state index contributed by atoms with van der Waals surface area (Å²) in [6, 6.07) is 0.